The molecule has 2 heterocycles. The molecule has 0 radical (unpaired) electrons. The second-order valence-corrected chi connectivity index (χ2v) is 7.93. The molecule has 0 saturated heterocycles. The minimum Gasteiger partial charge on any atom is -0.478 e. The topological polar surface area (TPSA) is 159 Å². The Morgan fingerprint density at radius 2 is 1.75 bits per heavy atom. The highest BCUT2D eigenvalue weighted by Crippen LogP contribution is 2.40. The maximum Gasteiger partial charge on any atom is 0.273 e. The smallest absolute Gasteiger partial charge is 0.273 e. The largest absolute Gasteiger partial charge is 0.478 e. The zero-order valence-electron chi connectivity index (χ0n) is 17.2. The lowest BCUT2D eigenvalue weighted by Gasteiger charge is -2.42. The van der Waals surface area contributed by atoms with Gasteiger partial charge < -0.3 is 24.6 Å². The highest BCUT2D eigenvalue weighted by Gasteiger charge is 2.43. The van der Waals surface area contributed by atoms with E-state index in [1.54, 1.807) is 20.1 Å². The van der Waals surface area contributed by atoms with Crippen molar-refractivity contribution < 1.29 is 29.2 Å². The van der Waals surface area contributed by atoms with Crippen molar-refractivity contribution in [2.24, 2.45) is 4.99 Å². The van der Waals surface area contributed by atoms with E-state index in [-0.39, 0.29) is 29.5 Å². The predicted octanol–water partition coefficient (Wildman–Crippen LogP) is 2.95. The SMILES string of the molecule is CC1(COC2Nc3ccc([N+](=O)[O-])cc3OC2(C)CO)C=Nc2ccc([N+](=O)[O-])cc2O1. The average Bonchev–Trinajstić information content (AvgIpc) is 2.76. The van der Waals surface area contributed by atoms with Gasteiger partial charge >= 0.3 is 0 Å². The van der Waals surface area contributed by atoms with E-state index in [1.807, 2.05) is 0 Å². The predicted molar refractivity (Wildman–Crippen MR) is 113 cm³/mol. The van der Waals surface area contributed by atoms with Gasteiger partial charge in [0.2, 0.25) is 0 Å². The Morgan fingerprint density at radius 1 is 1.09 bits per heavy atom. The van der Waals surface area contributed by atoms with Crippen LogP contribution in [0.1, 0.15) is 13.8 Å². The summed E-state index contributed by atoms with van der Waals surface area (Å²) in [5, 5.41) is 35.1. The lowest BCUT2D eigenvalue weighted by Crippen LogP contribution is -2.57. The zero-order chi connectivity index (χ0) is 23.1. The summed E-state index contributed by atoms with van der Waals surface area (Å²) in [6.45, 7) is 2.84. The maximum atomic E-state index is 11.0. The monoisotopic (exact) mass is 444 g/mol. The molecule has 0 saturated carbocycles. The number of aliphatic imine (C=N–C) groups is 1. The van der Waals surface area contributed by atoms with E-state index in [0.29, 0.717) is 11.4 Å². The molecule has 2 aromatic carbocycles. The van der Waals surface area contributed by atoms with Crippen LogP contribution in [0.4, 0.5) is 22.7 Å². The molecular formula is C20H20N4O8. The first kappa shape index (κ1) is 21.5. The van der Waals surface area contributed by atoms with Crippen LogP contribution in [0, 0.1) is 20.2 Å². The zero-order valence-corrected chi connectivity index (χ0v) is 17.2. The van der Waals surface area contributed by atoms with Gasteiger partial charge in [-0.3, -0.25) is 25.2 Å². The van der Waals surface area contributed by atoms with Crippen molar-refractivity contribution in [1.29, 1.82) is 0 Å². The molecule has 3 unspecified atom stereocenters. The van der Waals surface area contributed by atoms with Gasteiger partial charge in [-0.15, -0.1) is 0 Å². The van der Waals surface area contributed by atoms with Crippen LogP contribution < -0.4 is 14.8 Å². The van der Waals surface area contributed by atoms with Crippen molar-refractivity contribution in [3.8, 4) is 11.5 Å². The number of nitrogens with one attached hydrogen (secondary N) is 1. The van der Waals surface area contributed by atoms with Crippen molar-refractivity contribution in [2.75, 3.05) is 18.5 Å². The molecule has 4 rings (SSSR count). The summed E-state index contributed by atoms with van der Waals surface area (Å²) in [5.41, 5.74) is -1.63. The lowest BCUT2D eigenvalue weighted by molar-refractivity contribution is -0.385. The van der Waals surface area contributed by atoms with E-state index in [0.717, 1.165) is 0 Å². The summed E-state index contributed by atoms with van der Waals surface area (Å²) in [4.78, 5) is 25.3. The van der Waals surface area contributed by atoms with Crippen LogP contribution in [0.2, 0.25) is 0 Å². The minimum absolute atomic E-state index is 0.0302. The molecule has 12 nitrogen and oxygen atoms in total. The molecule has 0 spiro atoms. The number of nitrogens with zero attached hydrogens (tertiary/aromatic N) is 3. The molecule has 12 heteroatoms. The fraction of sp³-hybridized carbons (Fsp3) is 0.350. The third kappa shape index (κ3) is 3.92. The van der Waals surface area contributed by atoms with Crippen molar-refractivity contribution in [3.05, 3.63) is 56.6 Å². The number of nitro groups is 2. The molecular weight excluding hydrogens is 424 g/mol. The Bertz CT molecular complexity index is 1120. The molecule has 168 valence electrons. The number of nitro benzene ring substituents is 2. The molecule has 0 fully saturated rings. The Kier molecular flexibility index (Phi) is 5.18. The second kappa shape index (κ2) is 7.73. The highest BCUT2D eigenvalue weighted by molar-refractivity contribution is 5.78. The highest BCUT2D eigenvalue weighted by atomic mass is 16.6. The van der Waals surface area contributed by atoms with Gasteiger partial charge in [-0.2, -0.15) is 0 Å². The number of ether oxygens (including phenoxy) is 3. The summed E-state index contributed by atoms with van der Waals surface area (Å²) < 4.78 is 17.8. The number of benzene rings is 2. The normalized spacial score (nSPS) is 25.5. The van der Waals surface area contributed by atoms with Gasteiger partial charge in [0, 0.05) is 12.1 Å². The van der Waals surface area contributed by atoms with E-state index in [9.17, 15) is 25.3 Å². The molecule has 2 aromatic rings. The van der Waals surface area contributed by atoms with Crippen LogP contribution in [0.3, 0.4) is 0 Å². The van der Waals surface area contributed by atoms with E-state index in [2.05, 4.69) is 10.3 Å². The second-order valence-electron chi connectivity index (χ2n) is 7.93. The van der Waals surface area contributed by atoms with Crippen molar-refractivity contribution >= 4 is 29.0 Å². The van der Waals surface area contributed by atoms with Gasteiger partial charge in [-0.05, 0) is 26.0 Å². The molecule has 3 atom stereocenters. The van der Waals surface area contributed by atoms with Crippen LogP contribution >= 0.6 is 0 Å². The maximum absolute atomic E-state index is 11.0. The fourth-order valence-electron chi connectivity index (χ4n) is 3.36. The minimum atomic E-state index is -1.25. The molecule has 0 bridgehead atoms. The number of non-ortho nitro benzene ring substituents is 2. The van der Waals surface area contributed by atoms with E-state index >= 15 is 0 Å². The Hall–Kier alpha value is -3.77. The number of anilines is 1. The van der Waals surface area contributed by atoms with Gasteiger partial charge in [-0.25, -0.2) is 0 Å². The van der Waals surface area contributed by atoms with E-state index < -0.39 is 33.9 Å². The van der Waals surface area contributed by atoms with Crippen molar-refractivity contribution in [1.82, 2.24) is 0 Å². The number of hydrogen-bond acceptors (Lipinski definition) is 10. The summed E-state index contributed by atoms with van der Waals surface area (Å²) >= 11 is 0. The molecule has 0 amide bonds. The Morgan fingerprint density at radius 3 is 2.41 bits per heavy atom. The molecule has 0 aromatic heterocycles. The number of aliphatic hydroxyl groups excluding tert-OH is 1. The van der Waals surface area contributed by atoms with Crippen molar-refractivity contribution in [3.63, 3.8) is 0 Å². The van der Waals surface area contributed by atoms with Gasteiger partial charge in [0.05, 0.1) is 47.1 Å². The third-order valence-corrected chi connectivity index (χ3v) is 5.18. The number of fused-ring (bicyclic) bond motifs is 2. The number of rotatable bonds is 6. The van der Waals surface area contributed by atoms with Gasteiger partial charge in [0.15, 0.2) is 28.9 Å². The van der Waals surface area contributed by atoms with Crippen LogP contribution in [0.25, 0.3) is 0 Å². The summed E-state index contributed by atoms with van der Waals surface area (Å²) in [6.07, 6.45) is 0.708. The van der Waals surface area contributed by atoms with Crippen LogP contribution in [0.15, 0.2) is 41.4 Å². The van der Waals surface area contributed by atoms with E-state index in [4.69, 9.17) is 14.2 Å². The first-order valence-corrected chi connectivity index (χ1v) is 9.62. The first-order valence-electron chi connectivity index (χ1n) is 9.62. The lowest BCUT2D eigenvalue weighted by atomic mass is 10.0. The first-order chi connectivity index (χ1) is 15.1. The fourth-order valence-corrected chi connectivity index (χ4v) is 3.36. The molecule has 0 aliphatic carbocycles. The number of aliphatic hydroxyl groups is 1. The summed E-state index contributed by atoms with van der Waals surface area (Å²) in [5.74, 6) is 0.474. The van der Waals surface area contributed by atoms with Gasteiger partial charge in [0.1, 0.15) is 5.69 Å². The van der Waals surface area contributed by atoms with Crippen LogP contribution in [0.5, 0.6) is 11.5 Å². The van der Waals surface area contributed by atoms with Gasteiger partial charge in [-0.1, -0.05) is 0 Å². The van der Waals surface area contributed by atoms with Crippen LogP contribution in [-0.2, 0) is 4.74 Å². The molecule has 2 N–H and O–H groups in total. The van der Waals surface area contributed by atoms with Gasteiger partial charge in [0.25, 0.3) is 11.4 Å². The average molecular weight is 444 g/mol. The third-order valence-electron chi connectivity index (χ3n) is 5.18. The quantitative estimate of drug-likeness (QED) is 0.504. The molecule has 2 aliphatic heterocycles. The standard InChI is InChI=1S/C20H20N4O8/c1-19(9-21-14-5-3-12(23(26)27)7-16(14)31-19)11-30-18-20(2,10-25)32-17-8-13(24(28)29)4-6-15(17)22-18/h3-9,18,22,25H,10-11H2,1-2H3. The van der Waals surface area contributed by atoms with E-state index in [1.165, 1.54) is 36.4 Å². The summed E-state index contributed by atoms with van der Waals surface area (Å²) in [7, 11) is 0. The van der Waals surface area contributed by atoms with Crippen molar-refractivity contribution in [2.45, 2.75) is 31.3 Å². The Labute approximate surface area is 181 Å². The summed E-state index contributed by atoms with van der Waals surface area (Å²) in [6, 6.07) is 8.24. The van der Waals surface area contributed by atoms with Crippen LogP contribution in [-0.4, -0.2) is 51.8 Å². The molecule has 2 aliphatic rings. The Balaban J connectivity index is 1.52. The number of hydrogen-bond donors (Lipinski definition) is 2. The molecule has 32 heavy (non-hydrogen) atoms.